The number of aryl methyl sites for hydroxylation is 2. The van der Waals surface area contributed by atoms with Crippen LogP contribution in [-0.4, -0.2) is 26.3 Å². The third-order valence-corrected chi connectivity index (χ3v) is 4.94. The molecule has 0 aliphatic carbocycles. The van der Waals surface area contributed by atoms with Crippen molar-refractivity contribution < 1.29 is 14.1 Å². The molecule has 0 unspecified atom stereocenters. The molecule has 1 aromatic heterocycles. The summed E-state index contributed by atoms with van der Waals surface area (Å²) in [6.45, 7) is 5.62. The Morgan fingerprint density at radius 3 is 2.75 bits per heavy atom. The second kappa shape index (κ2) is 8.22. The largest absolute Gasteiger partial charge is 0.411 e. The number of nitro benzene ring substituents is 1. The molecule has 0 radical (unpaired) electrons. The molecule has 8 nitrogen and oxygen atoms in total. The van der Waals surface area contributed by atoms with Crippen LogP contribution < -0.4 is 5.32 Å². The van der Waals surface area contributed by atoms with E-state index in [-0.39, 0.29) is 22.7 Å². The number of rotatable bonds is 6. The van der Waals surface area contributed by atoms with Gasteiger partial charge in [-0.15, -0.1) is 10.2 Å². The van der Waals surface area contributed by atoms with Gasteiger partial charge in [0.1, 0.15) is 0 Å². The summed E-state index contributed by atoms with van der Waals surface area (Å²) in [6.07, 6.45) is 0. The lowest BCUT2D eigenvalue weighted by atomic mass is 10.1. The van der Waals surface area contributed by atoms with Gasteiger partial charge in [0.25, 0.3) is 10.9 Å². The van der Waals surface area contributed by atoms with E-state index in [1.807, 2.05) is 32.0 Å². The van der Waals surface area contributed by atoms with Crippen molar-refractivity contribution >= 4 is 29.0 Å². The molecule has 1 atom stereocenters. The van der Waals surface area contributed by atoms with Gasteiger partial charge in [-0.3, -0.25) is 14.9 Å². The summed E-state index contributed by atoms with van der Waals surface area (Å²) >= 11 is 1.12. The van der Waals surface area contributed by atoms with Crippen LogP contribution in [0.3, 0.4) is 0 Å². The minimum Gasteiger partial charge on any atom is -0.411 e. The first-order valence-corrected chi connectivity index (χ1v) is 9.34. The highest BCUT2D eigenvalue weighted by molar-refractivity contribution is 8.00. The summed E-state index contributed by atoms with van der Waals surface area (Å²) in [6, 6.07) is 11.8. The lowest BCUT2D eigenvalue weighted by Gasteiger charge is -2.12. The maximum absolute atomic E-state index is 12.5. The first-order chi connectivity index (χ1) is 13.3. The van der Waals surface area contributed by atoms with Crippen molar-refractivity contribution in [3.63, 3.8) is 0 Å². The van der Waals surface area contributed by atoms with Gasteiger partial charge in [0.2, 0.25) is 11.8 Å². The zero-order valence-electron chi connectivity index (χ0n) is 15.5. The molecule has 0 fully saturated rings. The van der Waals surface area contributed by atoms with Crippen molar-refractivity contribution in [3.05, 3.63) is 63.7 Å². The number of carbonyl (C=O) groups excluding carboxylic acids is 1. The van der Waals surface area contributed by atoms with Crippen LogP contribution in [-0.2, 0) is 4.79 Å². The van der Waals surface area contributed by atoms with E-state index in [0.29, 0.717) is 5.56 Å². The van der Waals surface area contributed by atoms with E-state index < -0.39 is 10.2 Å². The van der Waals surface area contributed by atoms with Gasteiger partial charge in [0, 0.05) is 23.4 Å². The van der Waals surface area contributed by atoms with Crippen LogP contribution in [0.2, 0.25) is 0 Å². The molecule has 0 bridgehead atoms. The number of nitrogens with one attached hydrogen (secondary N) is 1. The van der Waals surface area contributed by atoms with Crippen LogP contribution in [0.5, 0.6) is 0 Å². The lowest BCUT2D eigenvalue weighted by molar-refractivity contribution is -0.384. The number of aromatic nitrogens is 2. The lowest BCUT2D eigenvalue weighted by Crippen LogP contribution is -2.22. The van der Waals surface area contributed by atoms with Gasteiger partial charge in [-0.1, -0.05) is 30.0 Å². The molecule has 0 aliphatic heterocycles. The van der Waals surface area contributed by atoms with E-state index in [2.05, 4.69) is 15.5 Å². The molecule has 3 aromatic rings. The average molecular weight is 398 g/mol. The van der Waals surface area contributed by atoms with Gasteiger partial charge in [-0.25, -0.2) is 0 Å². The molecule has 0 saturated carbocycles. The van der Waals surface area contributed by atoms with Gasteiger partial charge in [-0.05, 0) is 44.0 Å². The van der Waals surface area contributed by atoms with Crippen molar-refractivity contribution in [1.82, 2.24) is 10.2 Å². The van der Waals surface area contributed by atoms with E-state index in [1.54, 1.807) is 19.1 Å². The zero-order valence-corrected chi connectivity index (χ0v) is 16.3. The molecule has 0 saturated heterocycles. The Bertz CT molecular complexity index is 1030. The predicted molar refractivity (Wildman–Crippen MR) is 106 cm³/mol. The Balaban J connectivity index is 1.69. The number of non-ortho nitro benzene ring substituents is 1. The molecule has 0 aliphatic rings. The molecule has 144 valence electrons. The van der Waals surface area contributed by atoms with Crippen LogP contribution in [0.4, 0.5) is 11.4 Å². The van der Waals surface area contributed by atoms with E-state index in [0.717, 1.165) is 28.6 Å². The fourth-order valence-electron chi connectivity index (χ4n) is 2.44. The predicted octanol–water partition coefficient (Wildman–Crippen LogP) is 4.38. The summed E-state index contributed by atoms with van der Waals surface area (Å²) in [5, 5.41) is 21.4. The van der Waals surface area contributed by atoms with Crippen molar-refractivity contribution in [2.45, 2.75) is 31.2 Å². The zero-order chi connectivity index (χ0) is 20.3. The summed E-state index contributed by atoms with van der Waals surface area (Å²) in [7, 11) is 0. The Morgan fingerprint density at radius 1 is 1.21 bits per heavy atom. The highest BCUT2D eigenvalue weighted by Gasteiger charge is 2.20. The third kappa shape index (κ3) is 4.55. The summed E-state index contributed by atoms with van der Waals surface area (Å²) in [5.41, 5.74) is 3.18. The van der Waals surface area contributed by atoms with E-state index in [4.69, 9.17) is 4.42 Å². The number of amides is 1. The first-order valence-electron chi connectivity index (χ1n) is 8.46. The number of hydrogen-bond acceptors (Lipinski definition) is 7. The minimum atomic E-state index is -0.491. The normalized spacial score (nSPS) is 11.8. The smallest absolute Gasteiger partial charge is 0.277 e. The Morgan fingerprint density at radius 2 is 2.00 bits per heavy atom. The summed E-state index contributed by atoms with van der Waals surface area (Å²) < 4.78 is 5.56. The summed E-state index contributed by atoms with van der Waals surface area (Å²) in [4.78, 5) is 22.9. The van der Waals surface area contributed by atoms with Crippen LogP contribution in [0.15, 0.2) is 52.1 Å². The molecule has 1 N–H and O–H groups in total. The minimum absolute atomic E-state index is 0.0637. The Hall–Kier alpha value is -3.20. The van der Waals surface area contributed by atoms with Crippen molar-refractivity contribution in [2.75, 3.05) is 5.32 Å². The highest BCUT2D eigenvalue weighted by atomic mass is 32.2. The summed E-state index contributed by atoms with van der Waals surface area (Å²) in [5.74, 6) is -0.0258. The van der Waals surface area contributed by atoms with Crippen molar-refractivity contribution in [1.29, 1.82) is 0 Å². The van der Waals surface area contributed by atoms with Gasteiger partial charge in [0.05, 0.1) is 10.2 Å². The fourth-order valence-corrected chi connectivity index (χ4v) is 3.12. The van der Waals surface area contributed by atoms with Gasteiger partial charge >= 0.3 is 0 Å². The second-order valence-corrected chi connectivity index (χ2v) is 7.54. The molecule has 3 rings (SSSR count). The molecule has 1 amide bonds. The Kier molecular flexibility index (Phi) is 5.74. The van der Waals surface area contributed by atoms with Gasteiger partial charge in [-0.2, -0.15) is 0 Å². The molecular weight excluding hydrogens is 380 g/mol. The van der Waals surface area contributed by atoms with Crippen molar-refractivity contribution in [3.8, 4) is 11.5 Å². The monoisotopic (exact) mass is 398 g/mol. The number of hydrogen-bond donors (Lipinski definition) is 1. The SMILES string of the molecule is Cc1ccc(C)c(NC(=O)[C@H](C)Sc2nnc(-c3cccc([N+](=O)[O-])c3)o2)c1. The number of benzene rings is 2. The van der Waals surface area contributed by atoms with E-state index >= 15 is 0 Å². The molecule has 1 heterocycles. The quantitative estimate of drug-likeness (QED) is 0.372. The second-order valence-electron chi connectivity index (χ2n) is 6.25. The standard InChI is InChI=1S/C19H18N4O4S/c1-11-7-8-12(2)16(9-11)20-17(24)13(3)28-19-22-21-18(27-19)14-5-4-6-15(10-14)23(25)26/h4-10,13H,1-3H3,(H,20,24)/t13-/m0/s1. The highest BCUT2D eigenvalue weighted by Crippen LogP contribution is 2.28. The molecule has 28 heavy (non-hydrogen) atoms. The number of thioether (sulfide) groups is 1. The number of nitrogens with zero attached hydrogens (tertiary/aromatic N) is 3. The van der Waals surface area contributed by atoms with Crippen LogP contribution in [0, 0.1) is 24.0 Å². The van der Waals surface area contributed by atoms with Crippen LogP contribution in [0.25, 0.3) is 11.5 Å². The van der Waals surface area contributed by atoms with Crippen LogP contribution in [0.1, 0.15) is 18.1 Å². The first kappa shape index (κ1) is 19.6. The number of carbonyl (C=O) groups is 1. The number of anilines is 1. The maximum atomic E-state index is 12.5. The van der Waals surface area contributed by atoms with Gasteiger partial charge in [0.15, 0.2) is 0 Å². The maximum Gasteiger partial charge on any atom is 0.277 e. The molecule has 9 heteroatoms. The third-order valence-electron chi connectivity index (χ3n) is 4.01. The molecule has 2 aromatic carbocycles. The van der Waals surface area contributed by atoms with Crippen LogP contribution >= 0.6 is 11.8 Å². The topological polar surface area (TPSA) is 111 Å². The number of nitro groups is 1. The fraction of sp³-hybridized carbons (Fsp3) is 0.211. The Labute approximate surface area is 165 Å². The van der Waals surface area contributed by atoms with E-state index in [1.165, 1.54) is 12.1 Å². The van der Waals surface area contributed by atoms with E-state index in [9.17, 15) is 14.9 Å². The van der Waals surface area contributed by atoms with Gasteiger partial charge < -0.3 is 9.73 Å². The molecule has 0 spiro atoms. The van der Waals surface area contributed by atoms with Crippen molar-refractivity contribution in [2.24, 2.45) is 0 Å². The molecular formula is C19H18N4O4S. The average Bonchev–Trinajstić information content (AvgIpc) is 3.13.